The largest absolute Gasteiger partial charge is 0.504 e. The van der Waals surface area contributed by atoms with Gasteiger partial charge < -0.3 is 20.0 Å². The molecule has 136 valence electrons. The van der Waals surface area contributed by atoms with Crippen LogP contribution in [0, 0.1) is 10.1 Å². The van der Waals surface area contributed by atoms with Crippen LogP contribution < -0.4 is 10.1 Å². The molecule has 0 heterocycles. The van der Waals surface area contributed by atoms with E-state index < -0.39 is 5.09 Å². The monoisotopic (exact) mass is 358 g/mol. The summed E-state index contributed by atoms with van der Waals surface area (Å²) < 4.78 is 5.01. The topological polar surface area (TPSA) is 111 Å². The van der Waals surface area contributed by atoms with Crippen molar-refractivity contribution < 1.29 is 24.6 Å². The van der Waals surface area contributed by atoms with Gasteiger partial charge in [-0.2, -0.15) is 0 Å². The molecule has 8 nitrogen and oxygen atoms in total. The maximum atomic E-state index is 11.9. The molecule has 0 aliphatic rings. The molecule has 0 fully saturated rings. The number of benzene rings is 2. The molecule has 2 aromatic carbocycles. The summed E-state index contributed by atoms with van der Waals surface area (Å²) in [7, 11) is 1.45. The first-order valence-corrected chi connectivity index (χ1v) is 7.66. The molecular weight excluding hydrogens is 340 g/mol. The van der Waals surface area contributed by atoms with Gasteiger partial charge in [0.15, 0.2) is 11.5 Å². The van der Waals surface area contributed by atoms with Crippen LogP contribution in [0.15, 0.2) is 48.5 Å². The second-order valence-corrected chi connectivity index (χ2v) is 5.30. The lowest BCUT2D eigenvalue weighted by Gasteiger charge is -2.05. The number of rotatable bonds is 8. The Morgan fingerprint density at radius 3 is 2.58 bits per heavy atom. The number of hydrogen-bond acceptors (Lipinski definition) is 6. The molecule has 0 radical (unpaired) electrons. The Labute approximate surface area is 149 Å². The highest BCUT2D eigenvalue weighted by molar-refractivity contribution is 5.91. The van der Waals surface area contributed by atoms with Crippen molar-refractivity contribution in [3.63, 3.8) is 0 Å². The minimum Gasteiger partial charge on any atom is -0.504 e. The molecule has 0 spiro atoms. The van der Waals surface area contributed by atoms with E-state index in [1.54, 1.807) is 42.5 Å². The summed E-state index contributed by atoms with van der Waals surface area (Å²) in [6, 6.07) is 11.7. The van der Waals surface area contributed by atoms with Crippen LogP contribution in [-0.4, -0.2) is 23.2 Å². The number of aromatic hydroxyl groups is 1. The lowest BCUT2D eigenvalue weighted by molar-refractivity contribution is -0.763. The fraction of sp³-hybridized carbons (Fsp3) is 0.167. The average Bonchev–Trinajstić information content (AvgIpc) is 2.64. The normalized spacial score (nSPS) is 10.5. The van der Waals surface area contributed by atoms with E-state index in [1.807, 2.05) is 0 Å². The zero-order valence-electron chi connectivity index (χ0n) is 14.0. The van der Waals surface area contributed by atoms with Crippen LogP contribution in [0.1, 0.15) is 16.7 Å². The SMILES string of the molecule is COc1cc(/C=C/C(=O)NCc2ccc(CO[N+](=O)[O-])cc2)ccc1O. The van der Waals surface area contributed by atoms with Crippen LogP contribution in [-0.2, 0) is 22.8 Å². The van der Waals surface area contributed by atoms with Crippen LogP contribution in [0.25, 0.3) is 6.08 Å². The lowest BCUT2D eigenvalue weighted by atomic mass is 10.1. The number of hydrogen-bond donors (Lipinski definition) is 2. The van der Waals surface area contributed by atoms with Gasteiger partial charge in [0.25, 0.3) is 5.09 Å². The first kappa shape index (κ1) is 18.8. The average molecular weight is 358 g/mol. The summed E-state index contributed by atoms with van der Waals surface area (Å²) in [4.78, 5) is 26.3. The number of amides is 1. The van der Waals surface area contributed by atoms with Gasteiger partial charge in [-0.05, 0) is 34.9 Å². The van der Waals surface area contributed by atoms with E-state index in [4.69, 9.17) is 4.74 Å². The molecule has 0 unspecified atom stereocenters. The van der Waals surface area contributed by atoms with E-state index in [1.165, 1.54) is 19.3 Å². The smallest absolute Gasteiger partial charge is 0.294 e. The molecule has 2 rings (SSSR count). The molecule has 2 N–H and O–H groups in total. The van der Waals surface area contributed by atoms with Gasteiger partial charge in [0.1, 0.15) is 6.61 Å². The van der Waals surface area contributed by atoms with Gasteiger partial charge in [0.05, 0.1) is 7.11 Å². The number of ether oxygens (including phenoxy) is 1. The van der Waals surface area contributed by atoms with Crippen molar-refractivity contribution in [3.05, 3.63) is 75.3 Å². The highest BCUT2D eigenvalue weighted by Crippen LogP contribution is 2.26. The summed E-state index contributed by atoms with van der Waals surface area (Å²) in [5, 5.41) is 21.6. The quantitative estimate of drug-likeness (QED) is 0.426. The highest BCUT2D eigenvalue weighted by Gasteiger charge is 2.02. The molecule has 2 aromatic rings. The zero-order chi connectivity index (χ0) is 18.9. The summed E-state index contributed by atoms with van der Waals surface area (Å²) in [5.74, 6) is 0.0765. The number of carbonyl (C=O) groups is 1. The molecular formula is C18H18N2O6. The minimum atomic E-state index is -0.843. The van der Waals surface area contributed by atoms with Crippen molar-refractivity contribution in [2.75, 3.05) is 7.11 Å². The summed E-state index contributed by atoms with van der Waals surface area (Å²) in [6.45, 7) is 0.205. The predicted octanol–water partition coefficient (Wildman–Crippen LogP) is 2.44. The number of methoxy groups -OCH3 is 1. The van der Waals surface area contributed by atoms with Crippen molar-refractivity contribution >= 4 is 12.0 Å². The molecule has 26 heavy (non-hydrogen) atoms. The van der Waals surface area contributed by atoms with E-state index >= 15 is 0 Å². The number of nitrogens with zero attached hydrogens (tertiary/aromatic N) is 1. The van der Waals surface area contributed by atoms with Crippen LogP contribution >= 0.6 is 0 Å². The standard InChI is InChI=1S/C18H18N2O6/c1-25-17-10-13(6-8-16(17)21)7-9-18(22)19-11-14-2-4-15(5-3-14)12-26-20(23)24/h2-10,21H,11-12H2,1H3,(H,19,22)/b9-7+. The Morgan fingerprint density at radius 2 is 1.92 bits per heavy atom. The van der Waals surface area contributed by atoms with Crippen molar-refractivity contribution in [1.82, 2.24) is 5.32 Å². The maximum Gasteiger partial charge on any atom is 0.294 e. The number of phenolic OH excluding ortho intramolecular Hbond substituents is 1. The maximum absolute atomic E-state index is 11.9. The molecule has 0 atom stereocenters. The van der Waals surface area contributed by atoms with Crippen molar-refractivity contribution in [1.29, 1.82) is 0 Å². The molecule has 0 saturated heterocycles. The fourth-order valence-electron chi connectivity index (χ4n) is 2.10. The zero-order valence-corrected chi connectivity index (χ0v) is 14.0. The van der Waals surface area contributed by atoms with Crippen LogP contribution in [0.3, 0.4) is 0 Å². The Kier molecular flexibility index (Phi) is 6.55. The van der Waals surface area contributed by atoms with Crippen molar-refractivity contribution in [2.45, 2.75) is 13.2 Å². The van der Waals surface area contributed by atoms with Gasteiger partial charge in [0, 0.05) is 12.6 Å². The van der Waals surface area contributed by atoms with Gasteiger partial charge >= 0.3 is 0 Å². The van der Waals surface area contributed by atoms with Gasteiger partial charge in [-0.3, -0.25) is 4.79 Å². The summed E-state index contributed by atoms with van der Waals surface area (Å²) in [5.41, 5.74) is 2.23. The fourth-order valence-corrected chi connectivity index (χ4v) is 2.10. The number of carbonyl (C=O) groups excluding carboxylic acids is 1. The first-order valence-electron chi connectivity index (χ1n) is 7.66. The van der Waals surface area contributed by atoms with Crippen LogP contribution in [0.5, 0.6) is 11.5 Å². The van der Waals surface area contributed by atoms with Crippen molar-refractivity contribution in [2.24, 2.45) is 0 Å². The Hall–Kier alpha value is -3.55. The molecule has 1 amide bonds. The van der Waals surface area contributed by atoms with E-state index in [9.17, 15) is 20.0 Å². The summed E-state index contributed by atoms with van der Waals surface area (Å²) in [6.07, 6.45) is 2.99. The van der Waals surface area contributed by atoms with Gasteiger partial charge in [-0.15, -0.1) is 10.1 Å². The summed E-state index contributed by atoms with van der Waals surface area (Å²) >= 11 is 0. The predicted molar refractivity (Wildman–Crippen MR) is 93.8 cm³/mol. The van der Waals surface area contributed by atoms with E-state index in [0.717, 1.165) is 5.56 Å². The first-order chi connectivity index (χ1) is 12.5. The van der Waals surface area contributed by atoms with E-state index in [-0.39, 0.29) is 18.3 Å². The second kappa shape index (κ2) is 9.07. The van der Waals surface area contributed by atoms with Crippen LogP contribution in [0.2, 0.25) is 0 Å². The Balaban J connectivity index is 1.85. The molecule has 0 aliphatic heterocycles. The third kappa shape index (κ3) is 5.82. The van der Waals surface area contributed by atoms with Crippen LogP contribution in [0.4, 0.5) is 0 Å². The molecule has 0 saturated carbocycles. The Morgan fingerprint density at radius 1 is 1.23 bits per heavy atom. The Bertz CT molecular complexity index is 802. The number of nitrogens with one attached hydrogen (secondary N) is 1. The second-order valence-electron chi connectivity index (χ2n) is 5.30. The van der Waals surface area contributed by atoms with Gasteiger partial charge in [-0.1, -0.05) is 30.3 Å². The lowest BCUT2D eigenvalue weighted by Crippen LogP contribution is -2.20. The van der Waals surface area contributed by atoms with Crippen molar-refractivity contribution in [3.8, 4) is 11.5 Å². The third-order valence-electron chi connectivity index (χ3n) is 3.46. The number of phenols is 1. The highest BCUT2D eigenvalue weighted by atomic mass is 16.9. The van der Waals surface area contributed by atoms with E-state index in [0.29, 0.717) is 23.4 Å². The molecule has 0 bridgehead atoms. The van der Waals surface area contributed by atoms with Gasteiger partial charge in [-0.25, -0.2) is 0 Å². The minimum absolute atomic E-state index is 0.0289. The molecule has 0 aliphatic carbocycles. The van der Waals surface area contributed by atoms with E-state index in [2.05, 4.69) is 10.2 Å². The molecule has 0 aromatic heterocycles. The third-order valence-corrected chi connectivity index (χ3v) is 3.46. The van der Waals surface area contributed by atoms with Gasteiger partial charge in [0.2, 0.25) is 5.91 Å². The molecule has 8 heteroatoms.